The Hall–Kier alpha value is -2.28. The van der Waals surface area contributed by atoms with Gasteiger partial charge in [0.25, 0.3) is 0 Å². The minimum absolute atomic E-state index is 0.277. The highest BCUT2D eigenvalue weighted by atomic mass is 35.5. The predicted octanol–water partition coefficient (Wildman–Crippen LogP) is 2.59. The first kappa shape index (κ1) is 18.8. The number of urea groups is 1. The zero-order chi connectivity index (χ0) is 17.2. The maximum absolute atomic E-state index is 11.8. The third-order valence-corrected chi connectivity index (χ3v) is 3.29. The molecule has 7 nitrogen and oxygen atoms in total. The van der Waals surface area contributed by atoms with Gasteiger partial charge in [0.2, 0.25) is 0 Å². The van der Waals surface area contributed by atoms with Crippen LogP contribution in [-0.4, -0.2) is 38.7 Å². The van der Waals surface area contributed by atoms with Gasteiger partial charge in [0.1, 0.15) is 0 Å². The number of esters is 2. The zero-order valence-corrected chi connectivity index (χ0v) is 13.7. The Balaban J connectivity index is 2.45. The van der Waals surface area contributed by atoms with E-state index in [1.807, 2.05) is 0 Å². The molecule has 0 spiro atoms. The highest BCUT2D eigenvalue weighted by molar-refractivity contribution is 6.33. The van der Waals surface area contributed by atoms with E-state index in [1.54, 1.807) is 0 Å². The first-order valence-electron chi connectivity index (χ1n) is 6.97. The lowest BCUT2D eigenvalue weighted by Gasteiger charge is -2.10. The summed E-state index contributed by atoms with van der Waals surface area (Å²) in [5, 5.41) is 5.50. The third-order valence-electron chi connectivity index (χ3n) is 2.96. The first-order valence-corrected chi connectivity index (χ1v) is 7.35. The van der Waals surface area contributed by atoms with Crippen LogP contribution >= 0.6 is 11.6 Å². The lowest BCUT2D eigenvalue weighted by molar-refractivity contribution is -0.140. The van der Waals surface area contributed by atoms with Crippen LogP contribution in [0.25, 0.3) is 0 Å². The summed E-state index contributed by atoms with van der Waals surface area (Å²) in [6.07, 6.45) is 1.57. The van der Waals surface area contributed by atoms with Crippen LogP contribution in [0.5, 0.6) is 0 Å². The summed E-state index contributed by atoms with van der Waals surface area (Å²) in [7, 11) is 2.60. The van der Waals surface area contributed by atoms with Gasteiger partial charge in [-0.2, -0.15) is 0 Å². The van der Waals surface area contributed by atoms with Crippen molar-refractivity contribution in [3.63, 3.8) is 0 Å². The molecule has 0 heterocycles. The normalized spacial score (nSPS) is 9.87. The summed E-state index contributed by atoms with van der Waals surface area (Å²) in [5.41, 5.74) is 0.590. The number of halogens is 1. The molecular formula is C15H19ClN2O5. The van der Waals surface area contributed by atoms with Crippen LogP contribution in [0.4, 0.5) is 10.5 Å². The van der Waals surface area contributed by atoms with Crippen molar-refractivity contribution < 1.29 is 23.9 Å². The van der Waals surface area contributed by atoms with Crippen LogP contribution < -0.4 is 10.6 Å². The molecule has 1 rings (SSSR count). The van der Waals surface area contributed by atoms with Crippen molar-refractivity contribution >= 4 is 35.3 Å². The fraction of sp³-hybridized carbons (Fsp3) is 0.400. The van der Waals surface area contributed by atoms with Gasteiger partial charge in [0.05, 0.1) is 30.5 Å². The average Bonchev–Trinajstić information content (AvgIpc) is 2.55. The van der Waals surface area contributed by atoms with Crippen LogP contribution in [0.1, 0.15) is 29.6 Å². The summed E-state index contributed by atoms with van der Waals surface area (Å²) in [5.74, 6) is -0.797. The molecule has 0 radical (unpaired) electrons. The Labute approximate surface area is 139 Å². The number of methoxy groups -OCH3 is 2. The van der Waals surface area contributed by atoms with Crippen LogP contribution in [0.15, 0.2) is 18.2 Å². The van der Waals surface area contributed by atoms with Gasteiger partial charge in [0, 0.05) is 13.0 Å². The Morgan fingerprint density at radius 3 is 2.52 bits per heavy atom. The van der Waals surface area contributed by atoms with E-state index in [1.165, 1.54) is 32.4 Å². The van der Waals surface area contributed by atoms with Gasteiger partial charge in [-0.3, -0.25) is 4.79 Å². The number of rotatable bonds is 7. The van der Waals surface area contributed by atoms with E-state index in [2.05, 4.69) is 20.1 Å². The molecule has 0 atom stereocenters. The number of carbonyl (C=O) groups excluding carboxylic acids is 3. The molecule has 1 aromatic rings. The topological polar surface area (TPSA) is 93.7 Å². The van der Waals surface area contributed by atoms with Gasteiger partial charge in [-0.15, -0.1) is 0 Å². The molecule has 0 aliphatic carbocycles. The number of carbonyl (C=O) groups is 3. The molecule has 0 fully saturated rings. The number of anilines is 1. The summed E-state index contributed by atoms with van der Waals surface area (Å²) in [6.45, 7) is 0.400. The van der Waals surface area contributed by atoms with Crippen molar-refractivity contribution in [3.8, 4) is 0 Å². The second kappa shape index (κ2) is 9.68. The van der Waals surface area contributed by atoms with E-state index in [0.29, 0.717) is 36.5 Å². The van der Waals surface area contributed by atoms with Gasteiger partial charge in [0.15, 0.2) is 0 Å². The van der Waals surface area contributed by atoms with Crippen LogP contribution in [0, 0.1) is 0 Å². The van der Waals surface area contributed by atoms with Gasteiger partial charge >= 0.3 is 18.0 Å². The number of ether oxygens (including phenoxy) is 2. The monoisotopic (exact) mass is 342 g/mol. The minimum atomic E-state index is -0.520. The first-order chi connectivity index (χ1) is 11.0. The molecule has 0 aromatic heterocycles. The molecule has 0 unspecified atom stereocenters. The molecule has 0 aliphatic heterocycles. The number of hydrogen-bond acceptors (Lipinski definition) is 5. The third kappa shape index (κ3) is 6.56. The Morgan fingerprint density at radius 1 is 1.13 bits per heavy atom. The maximum Gasteiger partial charge on any atom is 0.337 e. The SMILES string of the molecule is COC(=O)CCCCNC(=O)Nc1cc(C(=O)OC)ccc1Cl. The highest BCUT2D eigenvalue weighted by Gasteiger charge is 2.11. The Bertz CT molecular complexity index is 577. The van der Waals surface area contributed by atoms with Crippen LogP contribution in [-0.2, 0) is 14.3 Å². The molecule has 2 amide bonds. The summed E-state index contributed by atoms with van der Waals surface area (Å²) < 4.78 is 9.13. The van der Waals surface area contributed by atoms with E-state index >= 15 is 0 Å². The van der Waals surface area contributed by atoms with E-state index in [9.17, 15) is 14.4 Å². The smallest absolute Gasteiger partial charge is 0.337 e. The quantitative estimate of drug-likeness (QED) is 0.586. The number of benzene rings is 1. The lowest BCUT2D eigenvalue weighted by atomic mass is 10.2. The number of hydrogen-bond donors (Lipinski definition) is 2. The van der Waals surface area contributed by atoms with Gasteiger partial charge < -0.3 is 20.1 Å². The van der Waals surface area contributed by atoms with E-state index in [-0.39, 0.29) is 11.5 Å². The molecule has 8 heteroatoms. The maximum atomic E-state index is 11.8. The van der Waals surface area contributed by atoms with Crippen LogP contribution in [0.2, 0.25) is 5.02 Å². The van der Waals surface area contributed by atoms with E-state index < -0.39 is 12.0 Å². The van der Waals surface area contributed by atoms with Gasteiger partial charge in [-0.1, -0.05) is 11.6 Å². The van der Waals surface area contributed by atoms with Crippen molar-refractivity contribution in [3.05, 3.63) is 28.8 Å². The van der Waals surface area contributed by atoms with Crippen LogP contribution in [0.3, 0.4) is 0 Å². The molecule has 126 valence electrons. The molecule has 1 aromatic carbocycles. The van der Waals surface area contributed by atoms with Crippen molar-refractivity contribution in [2.75, 3.05) is 26.1 Å². The number of nitrogens with one attached hydrogen (secondary N) is 2. The highest BCUT2D eigenvalue weighted by Crippen LogP contribution is 2.23. The summed E-state index contributed by atoms with van der Waals surface area (Å²) in [4.78, 5) is 34.2. The predicted molar refractivity (Wildman–Crippen MR) is 85.7 cm³/mol. The molecule has 2 N–H and O–H groups in total. The van der Waals surface area contributed by atoms with Crippen molar-refractivity contribution in [1.29, 1.82) is 0 Å². The number of unbranched alkanes of at least 4 members (excludes halogenated alkanes) is 1. The van der Waals surface area contributed by atoms with Gasteiger partial charge in [-0.05, 0) is 31.0 Å². The fourth-order valence-electron chi connectivity index (χ4n) is 1.73. The van der Waals surface area contributed by atoms with E-state index in [4.69, 9.17) is 11.6 Å². The molecule has 23 heavy (non-hydrogen) atoms. The second-order valence-electron chi connectivity index (χ2n) is 4.60. The summed E-state index contributed by atoms with van der Waals surface area (Å²) in [6, 6.07) is 3.99. The largest absolute Gasteiger partial charge is 0.469 e. The molecule has 0 saturated heterocycles. The zero-order valence-electron chi connectivity index (χ0n) is 13.0. The average molecular weight is 343 g/mol. The molecule has 0 bridgehead atoms. The van der Waals surface area contributed by atoms with Gasteiger partial charge in [-0.25, -0.2) is 9.59 Å². The summed E-state index contributed by atoms with van der Waals surface area (Å²) >= 11 is 5.98. The molecule has 0 saturated carbocycles. The number of amides is 2. The fourth-order valence-corrected chi connectivity index (χ4v) is 1.90. The standard InChI is InChI=1S/C15H19ClN2O5/c1-22-13(19)5-3-4-8-17-15(21)18-12-9-10(14(20)23-2)6-7-11(12)16/h6-7,9H,3-5,8H2,1-2H3,(H2,17,18,21). The van der Waals surface area contributed by atoms with Crippen molar-refractivity contribution in [2.45, 2.75) is 19.3 Å². The molecule has 0 aliphatic rings. The minimum Gasteiger partial charge on any atom is -0.469 e. The van der Waals surface area contributed by atoms with E-state index in [0.717, 1.165) is 0 Å². The Kier molecular flexibility index (Phi) is 7.90. The second-order valence-corrected chi connectivity index (χ2v) is 5.01. The van der Waals surface area contributed by atoms with Crippen molar-refractivity contribution in [2.24, 2.45) is 0 Å². The molecular weight excluding hydrogens is 324 g/mol. The van der Waals surface area contributed by atoms with Crippen molar-refractivity contribution in [1.82, 2.24) is 5.32 Å². The lowest BCUT2D eigenvalue weighted by Crippen LogP contribution is -2.29. The Morgan fingerprint density at radius 2 is 1.87 bits per heavy atom.